The Morgan fingerprint density at radius 3 is 2.53 bits per heavy atom. The van der Waals surface area contributed by atoms with E-state index in [-0.39, 0.29) is 0 Å². The van der Waals surface area contributed by atoms with Gasteiger partial charge in [-0.1, -0.05) is 18.2 Å². The van der Waals surface area contributed by atoms with Gasteiger partial charge in [-0.15, -0.1) is 5.10 Å². The van der Waals surface area contributed by atoms with Gasteiger partial charge in [-0.05, 0) is 24.4 Å². The maximum atomic E-state index is 5.06. The number of para-hydroxylation sites is 1. The molecule has 0 unspecified atom stereocenters. The van der Waals surface area contributed by atoms with E-state index < -0.39 is 0 Å². The quantitative estimate of drug-likeness (QED) is 0.789. The van der Waals surface area contributed by atoms with E-state index in [1.807, 2.05) is 53.9 Å². The van der Waals surface area contributed by atoms with Crippen molar-refractivity contribution in [3.05, 3.63) is 35.1 Å². The number of nitrogens with zero attached hydrogens (tertiary/aromatic N) is 3. The highest BCUT2D eigenvalue weighted by atomic mass is 32.1. The lowest BCUT2D eigenvalue weighted by Gasteiger charge is -2.17. The summed E-state index contributed by atoms with van der Waals surface area (Å²) in [5.41, 5.74) is 1.08. The van der Waals surface area contributed by atoms with Crippen LogP contribution in [0, 0.1) is 4.77 Å². The zero-order chi connectivity index (χ0) is 10.8. The average Bonchev–Trinajstić information content (AvgIpc) is 2.60. The van der Waals surface area contributed by atoms with Crippen molar-refractivity contribution in [3.8, 4) is 0 Å². The van der Waals surface area contributed by atoms with Gasteiger partial charge in [-0.3, -0.25) is 4.57 Å². The average molecular weight is 220 g/mol. The fraction of sp³-hybridized carbons (Fsp3) is 0.200. The van der Waals surface area contributed by atoms with Crippen LogP contribution in [0.25, 0.3) is 0 Å². The lowest BCUT2D eigenvalue weighted by molar-refractivity contribution is 0.871. The van der Waals surface area contributed by atoms with Crippen molar-refractivity contribution in [1.29, 1.82) is 0 Å². The lowest BCUT2D eigenvalue weighted by atomic mass is 10.3. The Kier molecular flexibility index (Phi) is 2.55. The Morgan fingerprint density at radius 2 is 2.00 bits per heavy atom. The second-order valence-electron chi connectivity index (χ2n) is 3.28. The third-order valence-electron chi connectivity index (χ3n) is 2.30. The van der Waals surface area contributed by atoms with Crippen molar-refractivity contribution in [2.75, 3.05) is 11.9 Å². The zero-order valence-electron chi connectivity index (χ0n) is 8.64. The molecule has 0 fully saturated rings. The smallest absolute Gasteiger partial charge is 0.229 e. The van der Waals surface area contributed by atoms with Crippen LogP contribution in [0.15, 0.2) is 30.3 Å². The maximum absolute atomic E-state index is 5.06. The van der Waals surface area contributed by atoms with Crippen molar-refractivity contribution in [3.63, 3.8) is 0 Å². The molecule has 2 rings (SSSR count). The first-order valence-electron chi connectivity index (χ1n) is 4.60. The summed E-state index contributed by atoms with van der Waals surface area (Å²) in [7, 11) is 3.85. The lowest BCUT2D eigenvalue weighted by Crippen LogP contribution is -2.14. The van der Waals surface area contributed by atoms with Gasteiger partial charge >= 0.3 is 0 Å². The second-order valence-corrected chi connectivity index (χ2v) is 3.67. The van der Waals surface area contributed by atoms with E-state index in [9.17, 15) is 0 Å². The first kappa shape index (κ1) is 9.92. The molecule has 5 heteroatoms. The third-order valence-corrected chi connectivity index (χ3v) is 2.66. The highest BCUT2D eigenvalue weighted by Gasteiger charge is 2.08. The number of rotatable bonds is 2. The van der Waals surface area contributed by atoms with Gasteiger partial charge < -0.3 is 4.90 Å². The molecule has 0 amide bonds. The first-order valence-corrected chi connectivity index (χ1v) is 5.01. The summed E-state index contributed by atoms with van der Waals surface area (Å²) in [5.74, 6) is 0.797. The monoisotopic (exact) mass is 220 g/mol. The Balaban J connectivity index is 2.41. The van der Waals surface area contributed by atoms with Gasteiger partial charge in [0, 0.05) is 19.8 Å². The Morgan fingerprint density at radius 1 is 1.33 bits per heavy atom. The number of aromatic nitrogens is 3. The highest BCUT2D eigenvalue weighted by Crippen LogP contribution is 2.19. The number of aromatic amines is 1. The summed E-state index contributed by atoms with van der Waals surface area (Å²) in [6, 6.07) is 10.0. The minimum Gasteiger partial charge on any atom is -0.314 e. The van der Waals surface area contributed by atoms with Gasteiger partial charge in [0.15, 0.2) is 4.77 Å². The number of hydrogen-bond donors (Lipinski definition) is 1. The van der Waals surface area contributed by atoms with Crippen LogP contribution >= 0.6 is 12.2 Å². The number of hydrogen-bond acceptors (Lipinski definition) is 3. The van der Waals surface area contributed by atoms with Gasteiger partial charge in [0.1, 0.15) is 0 Å². The van der Waals surface area contributed by atoms with Crippen LogP contribution in [0.3, 0.4) is 0 Å². The molecule has 1 aromatic heterocycles. The molecule has 1 N–H and O–H groups in total. The molecule has 1 aromatic carbocycles. The SMILES string of the molecule is CN(c1ccccc1)c1n[nH]c(=S)n1C. The molecule has 1 heterocycles. The van der Waals surface area contributed by atoms with Crippen LogP contribution in [0.2, 0.25) is 0 Å². The van der Waals surface area contributed by atoms with Crippen molar-refractivity contribution >= 4 is 23.9 Å². The minimum atomic E-state index is 0.618. The summed E-state index contributed by atoms with van der Waals surface area (Å²) < 4.78 is 2.45. The molecular formula is C10H12N4S. The van der Waals surface area contributed by atoms with Crippen LogP contribution in [0.5, 0.6) is 0 Å². The molecule has 0 spiro atoms. The van der Waals surface area contributed by atoms with Gasteiger partial charge in [0.25, 0.3) is 0 Å². The van der Waals surface area contributed by atoms with E-state index in [1.54, 1.807) is 0 Å². The van der Waals surface area contributed by atoms with Crippen LogP contribution < -0.4 is 4.90 Å². The fourth-order valence-electron chi connectivity index (χ4n) is 1.41. The highest BCUT2D eigenvalue weighted by molar-refractivity contribution is 7.71. The number of nitrogens with one attached hydrogen (secondary N) is 1. The van der Waals surface area contributed by atoms with E-state index in [4.69, 9.17) is 12.2 Å². The van der Waals surface area contributed by atoms with Crippen LogP contribution in [-0.2, 0) is 7.05 Å². The number of H-pyrrole nitrogens is 1. The van der Waals surface area contributed by atoms with Crippen LogP contribution in [0.4, 0.5) is 11.6 Å². The predicted octanol–water partition coefficient (Wildman–Crippen LogP) is 2.25. The van der Waals surface area contributed by atoms with Crippen molar-refractivity contribution < 1.29 is 0 Å². The molecule has 0 saturated heterocycles. The van der Waals surface area contributed by atoms with Gasteiger partial charge in [0.2, 0.25) is 5.95 Å². The van der Waals surface area contributed by atoms with Gasteiger partial charge in [-0.25, -0.2) is 5.10 Å². The van der Waals surface area contributed by atoms with Gasteiger partial charge in [0.05, 0.1) is 0 Å². The Labute approximate surface area is 93.2 Å². The van der Waals surface area contributed by atoms with E-state index in [1.165, 1.54) is 0 Å². The predicted molar refractivity (Wildman–Crippen MR) is 62.9 cm³/mol. The molecule has 2 aromatic rings. The molecule has 0 bridgehead atoms. The van der Waals surface area contributed by atoms with Gasteiger partial charge in [-0.2, -0.15) is 0 Å². The topological polar surface area (TPSA) is 36.9 Å². The standard InChI is InChI=1S/C10H12N4S/c1-13(8-6-4-3-5-7-8)9-11-12-10(15)14(9)2/h3-7H,1-2H3,(H,12,15). The minimum absolute atomic E-state index is 0.618. The fourth-order valence-corrected chi connectivity index (χ4v) is 1.53. The Bertz CT molecular complexity index is 500. The number of benzene rings is 1. The molecule has 15 heavy (non-hydrogen) atoms. The molecule has 4 nitrogen and oxygen atoms in total. The first-order chi connectivity index (χ1) is 7.20. The molecule has 0 aliphatic carbocycles. The molecular weight excluding hydrogens is 208 g/mol. The van der Waals surface area contributed by atoms with E-state index in [0.717, 1.165) is 11.6 Å². The molecule has 78 valence electrons. The molecule has 0 aliphatic rings. The summed E-state index contributed by atoms with van der Waals surface area (Å²) in [5, 5.41) is 6.93. The third kappa shape index (κ3) is 1.78. The molecule has 0 aliphatic heterocycles. The van der Waals surface area contributed by atoms with Crippen molar-refractivity contribution in [1.82, 2.24) is 14.8 Å². The zero-order valence-corrected chi connectivity index (χ0v) is 9.45. The normalized spacial score (nSPS) is 10.3. The number of anilines is 2. The summed E-state index contributed by atoms with van der Waals surface area (Å²) in [4.78, 5) is 1.98. The van der Waals surface area contributed by atoms with Crippen molar-refractivity contribution in [2.45, 2.75) is 0 Å². The largest absolute Gasteiger partial charge is 0.314 e. The van der Waals surface area contributed by atoms with E-state index in [0.29, 0.717) is 4.77 Å². The summed E-state index contributed by atoms with van der Waals surface area (Å²) in [6.07, 6.45) is 0. The summed E-state index contributed by atoms with van der Waals surface area (Å²) >= 11 is 5.06. The van der Waals surface area contributed by atoms with Crippen LogP contribution in [-0.4, -0.2) is 21.8 Å². The molecule has 0 atom stereocenters. The molecule has 0 radical (unpaired) electrons. The maximum Gasteiger partial charge on any atom is 0.229 e. The van der Waals surface area contributed by atoms with E-state index >= 15 is 0 Å². The summed E-state index contributed by atoms with van der Waals surface area (Å²) in [6.45, 7) is 0. The van der Waals surface area contributed by atoms with E-state index in [2.05, 4.69) is 10.2 Å². The Hall–Kier alpha value is -1.62. The molecule has 0 saturated carbocycles. The van der Waals surface area contributed by atoms with Crippen molar-refractivity contribution in [2.24, 2.45) is 7.05 Å². The second kappa shape index (κ2) is 3.86. The van der Waals surface area contributed by atoms with Crippen LogP contribution in [0.1, 0.15) is 0 Å².